The van der Waals surface area contributed by atoms with E-state index in [2.05, 4.69) is 10.3 Å². The van der Waals surface area contributed by atoms with Crippen molar-refractivity contribution in [3.05, 3.63) is 81.4 Å². The fraction of sp³-hybridized carbons (Fsp3) is 0.174. The number of nitrogens with zero attached hydrogens (tertiary/aromatic N) is 2. The van der Waals surface area contributed by atoms with Crippen molar-refractivity contribution in [1.82, 2.24) is 9.88 Å². The maximum Gasteiger partial charge on any atom is 0.261 e. The Bertz CT molecular complexity index is 1250. The van der Waals surface area contributed by atoms with Gasteiger partial charge < -0.3 is 0 Å². The maximum absolute atomic E-state index is 12.8. The van der Waals surface area contributed by atoms with Crippen LogP contribution in [-0.2, 0) is 13.0 Å². The minimum atomic E-state index is -0.442. The average molecular weight is 431 g/mol. The summed E-state index contributed by atoms with van der Waals surface area (Å²) in [6.45, 7) is 0.174. The summed E-state index contributed by atoms with van der Waals surface area (Å²) in [4.78, 5) is 56.4. The van der Waals surface area contributed by atoms with Crippen LogP contribution in [0.4, 0.5) is 5.13 Å². The number of benzene rings is 2. The molecule has 0 spiro atoms. The van der Waals surface area contributed by atoms with Crippen LogP contribution in [0, 0.1) is 0 Å². The molecule has 0 saturated carbocycles. The van der Waals surface area contributed by atoms with E-state index in [1.54, 1.807) is 0 Å². The van der Waals surface area contributed by atoms with Crippen LogP contribution < -0.4 is 5.32 Å². The van der Waals surface area contributed by atoms with E-state index in [-0.39, 0.29) is 34.9 Å². The third-order valence-corrected chi connectivity index (χ3v) is 6.46. The molecule has 1 aromatic heterocycles. The van der Waals surface area contributed by atoms with Gasteiger partial charge in [-0.05, 0) is 36.6 Å². The molecule has 0 atom stereocenters. The number of Topliss-reactive ketones (excluding diaryl/α,β-unsaturated/α-hetero) is 1. The number of carbonyl (C=O) groups excluding carboxylic acids is 4. The Morgan fingerprint density at radius 1 is 1.00 bits per heavy atom. The molecule has 8 heteroatoms. The Morgan fingerprint density at radius 3 is 2.55 bits per heavy atom. The second kappa shape index (κ2) is 7.55. The van der Waals surface area contributed by atoms with Gasteiger partial charge in [0.1, 0.15) is 0 Å². The Kier molecular flexibility index (Phi) is 4.71. The molecule has 0 bridgehead atoms. The largest absolute Gasteiger partial charge is 0.298 e. The number of hydrogen-bond acceptors (Lipinski definition) is 6. The highest BCUT2D eigenvalue weighted by molar-refractivity contribution is 7.17. The van der Waals surface area contributed by atoms with E-state index in [0.717, 1.165) is 24.1 Å². The zero-order valence-electron chi connectivity index (χ0n) is 16.4. The molecule has 154 valence electrons. The molecule has 5 rings (SSSR count). The summed E-state index contributed by atoms with van der Waals surface area (Å²) in [6, 6.07) is 13.7. The molecule has 2 heterocycles. The van der Waals surface area contributed by atoms with Crippen LogP contribution in [-0.4, -0.2) is 33.4 Å². The van der Waals surface area contributed by atoms with Gasteiger partial charge in [-0.25, -0.2) is 4.98 Å². The average Bonchev–Trinajstić information content (AvgIpc) is 3.29. The number of carbonyl (C=O) groups is 4. The number of rotatable bonds is 4. The van der Waals surface area contributed by atoms with E-state index in [9.17, 15) is 19.2 Å². The zero-order valence-corrected chi connectivity index (χ0v) is 17.2. The molecule has 0 radical (unpaired) electrons. The van der Waals surface area contributed by atoms with Gasteiger partial charge in [-0.2, -0.15) is 0 Å². The van der Waals surface area contributed by atoms with E-state index in [1.165, 1.54) is 34.4 Å². The van der Waals surface area contributed by atoms with E-state index in [0.29, 0.717) is 16.4 Å². The molecule has 2 aromatic carbocycles. The fourth-order valence-corrected chi connectivity index (χ4v) is 4.81. The molecule has 1 aliphatic heterocycles. The fourth-order valence-electron chi connectivity index (χ4n) is 3.83. The number of fused-ring (bicyclic) bond motifs is 2. The standard InChI is InChI=1S/C23H17N3O4S/c27-18-8-4-7-17-19(18)31-23(24-17)25-20(28)14-9-10-15-16(11-14)22(30)26(21(15)29)12-13-5-2-1-3-6-13/h1-3,5-6,9-11H,4,7-8,12H2,(H,24,25,28). The van der Waals surface area contributed by atoms with Crippen LogP contribution in [0.2, 0.25) is 0 Å². The molecule has 7 nitrogen and oxygen atoms in total. The summed E-state index contributed by atoms with van der Waals surface area (Å²) >= 11 is 1.17. The number of imide groups is 1. The number of aromatic nitrogens is 1. The number of hydrogen-bond donors (Lipinski definition) is 1. The highest BCUT2D eigenvalue weighted by Gasteiger charge is 2.36. The zero-order chi connectivity index (χ0) is 21.5. The van der Waals surface area contributed by atoms with Gasteiger partial charge in [0.2, 0.25) is 0 Å². The lowest BCUT2D eigenvalue weighted by Gasteiger charge is -2.13. The number of thiazole rings is 1. The Hall–Kier alpha value is -3.65. The first-order valence-corrected chi connectivity index (χ1v) is 10.7. The van der Waals surface area contributed by atoms with Crippen LogP contribution in [0.1, 0.15) is 64.8 Å². The number of anilines is 1. The van der Waals surface area contributed by atoms with Gasteiger partial charge in [-0.15, -0.1) is 0 Å². The van der Waals surface area contributed by atoms with Crippen molar-refractivity contribution in [1.29, 1.82) is 0 Å². The van der Waals surface area contributed by atoms with E-state index < -0.39 is 11.8 Å². The first kappa shape index (κ1) is 19.3. The van der Waals surface area contributed by atoms with Gasteiger partial charge in [0.05, 0.1) is 28.2 Å². The summed E-state index contributed by atoms with van der Waals surface area (Å²) in [5.41, 5.74) is 2.32. The van der Waals surface area contributed by atoms with Gasteiger partial charge in [0.15, 0.2) is 10.9 Å². The number of amides is 3. The first-order chi connectivity index (χ1) is 15.0. The summed E-state index contributed by atoms with van der Waals surface area (Å²) < 4.78 is 0. The first-order valence-electron chi connectivity index (χ1n) is 9.89. The SMILES string of the molecule is O=C(Nc1nc2c(s1)C(=O)CCC2)c1ccc2c(c1)C(=O)N(Cc1ccccc1)C2=O. The predicted octanol–water partition coefficient (Wildman–Crippen LogP) is 3.71. The van der Waals surface area contributed by atoms with E-state index >= 15 is 0 Å². The summed E-state index contributed by atoms with van der Waals surface area (Å²) in [7, 11) is 0. The minimum absolute atomic E-state index is 0.0550. The Balaban J connectivity index is 1.36. The van der Waals surface area contributed by atoms with Crippen LogP contribution in [0.3, 0.4) is 0 Å². The quantitative estimate of drug-likeness (QED) is 0.635. The predicted molar refractivity (Wildman–Crippen MR) is 114 cm³/mol. The molecule has 3 aromatic rings. The molecular formula is C23H17N3O4S. The highest BCUT2D eigenvalue weighted by Crippen LogP contribution is 2.30. The molecular weight excluding hydrogens is 414 g/mol. The molecule has 0 fully saturated rings. The van der Waals surface area contributed by atoms with Crippen LogP contribution in [0.25, 0.3) is 0 Å². The number of nitrogens with one attached hydrogen (secondary N) is 1. The molecule has 2 aliphatic rings. The molecule has 3 amide bonds. The Morgan fingerprint density at radius 2 is 1.77 bits per heavy atom. The van der Waals surface area contributed by atoms with E-state index in [4.69, 9.17) is 0 Å². The van der Waals surface area contributed by atoms with Crippen LogP contribution in [0.5, 0.6) is 0 Å². The third-order valence-electron chi connectivity index (χ3n) is 5.40. The lowest BCUT2D eigenvalue weighted by Crippen LogP contribution is -2.29. The van der Waals surface area contributed by atoms with Crippen molar-refractivity contribution >= 4 is 40.0 Å². The second-order valence-electron chi connectivity index (χ2n) is 7.47. The highest BCUT2D eigenvalue weighted by atomic mass is 32.1. The summed E-state index contributed by atoms with van der Waals surface area (Å²) in [5, 5.41) is 3.07. The molecule has 1 aliphatic carbocycles. The van der Waals surface area contributed by atoms with Crippen molar-refractivity contribution in [2.24, 2.45) is 0 Å². The van der Waals surface area contributed by atoms with Crippen molar-refractivity contribution in [2.45, 2.75) is 25.8 Å². The lowest BCUT2D eigenvalue weighted by atomic mass is 10.0. The normalized spacial score (nSPS) is 15.1. The van der Waals surface area contributed by atoms with Crippen LogP contribution >= 0.6 is 11.3 Å². The van der Waals surface area contributed by atoms with Gasteiger partial charge in [0, 0.05) is 12.0 Å². The van der Waals surface area contributed by atoms with Crippen LogP contribution in [0.15, 0.2) is 48.5 Å². The van der Waals surface area contributed by atoms with Crippen molar-refractivity contribution in [3.63, 3.8) is 0 Å². The summed E-state index contributed by atoms with van der Waals surface area (Å²) in [5.74, 6) is -1.18. The van der Waals surface area contributed by atoms with Gasteiger partial charge >= 0.3 is 0 Å². The van der Waals surface area contributed by atoms with Gasteiger partial charge in [0.25, 0.3) is 17.7 Å². The van der Waals surface area contributed by atoms with Crippen molar-refractivity contribution < 1.29 is 19.2 Å². The molecule has 1 N–H and O–H groups in total. The third kappa shape index (κ3) is 3.44. The van der Waals surface area contributed by atoms with Crippen molar-refractivity contribution in [3.8, 4) is 0 Å². The maximum atomic E-state index is 12.8. The molecule has 0 saturated heterocycles. The topological polar surface area (TPSA) is 96.4 Å². The lowest BCUT2D eigenvalue weighted by molar-refractivity contribution is 0.0642. The van der Waals surface area contributed by atoms with E-state index in [1.807, 2.05) is 30.3 Å². The molecule has 0 unspecified atom stereocenters. The monoisotopic (exact) mass is 431 g/mol. The smallest absolute Gasteiger partial charge is 0.261 e. The Labute approximate surface area is 181 Å². The van der Waals surface area contributed by atoms with Crippen molar-refractivity contribution in [2.75, 3.05) is 5.32 Å². The number of aryl methyl sites for hydroxylation is 1. The number of ketones is 1. The summed E-state index contributed by atoms with van der Waals surface area (Å²) in [6.07, 6.45) is 1.99. The molecule has 31 heavy (non-hydrogen) atoms. The van der Waals surface area contributed by atoms with Gasteiger partial charge in [-0.1, -0.05) is 41.7 Å². The second-order valence-corrected chi connectivity index (χ2v) is 8.47. The minimum Gasteiger partial charge on any atom is -0.298 e. The van der Waals surface area contributed by atoms with Gasteiger partial charge in [-0.3, -0.25) is 29.4 Å².